The first-order valence-corrected chi connectivity index (χ1v) is 5.78. The Balaban J connectivity index is 1.97. The molecule has 104 valence electrons. The van der Waals surface area contributed by atoms with Crippen molar-refractivity contribution in [2.75, 3.05) is 18.5 Å². The summed E-state index contributed by atoms with van der Waals surface area (Å²) in [6, 6.07) is 7.20. The van der Waals surface area contributed by atoms with Crippen LogP contribution in [-0.4, -0.2) is 25.2 Å². The second-order valence-corrected chi connectivity index (χ2v) is 4.23. The van der Waals surface area contributed by atoms with Crippen molar-refractivity contribution in [1.82, 2.24) is 5.48 Å². The van der Waals surface area contributed by atoms with E-state index in [-0.39, 0.29) is 0 Å². The molecule has 7 heteroatoms. The Bertz CT molecular complexity index is 463. The van der Waals surface area contributed by atoms with E-state index < -0.39 is 24.6 Å². The maximum Gasteiger partial charge on any atom is 0.414 e. The Morgan fingerprint density at radius 3 is 2.89 bits per heavy atom. The van der Waals surface area contributed by atoms with E-state index in [9.17, 15) is 18.0 Å². The van der Waals surface area contributed by atoms with E-state index in [1.807, 2.05) is 17.6 Å². The number of hydrogen-bond acceptors (Lipinski definition) is 3. The van der Waals surface area contributed by atoms with Gasteiger partial charge in [-0.25, -0.2) is 5.48 Å². The molecule has 4 nitrogen and oxygen atoms in total. The molecule has 2 N–H and O–H groups in total. The molecule has 1 aliphatic heterocycles. The van der Waals surface area contributed by atoms with Crippen LogP contribution >= 0.6 is 0 Å². The molecular formula is C12H13F3N2O2. The first-order valence-electron chi connectivity index (χ1n) is 5.78. The number of alkyl halides is 3. The van der Waals surface area contributed by atoms with E-state index in [0.717, 1.165) is 11.3 Å². The molecule has 0 saturated heterocycles. The number of hydroxylamine groups is 1. The second-order valence-electron chi connectivity index (χ2n) is 4.23. The zero-order valence-corrected chi connectivity index (χ0v) is 9.96. The van der Waals surface area contributed by atoms with Crippen LogP contribution in [0, 0.1) is 0 Å². The minimum Gasteiger partial charge on any atom is -0.385 e. The monoisotopic (exact) mass is 274 g/mol. The molecule has 1 aliphatic rings. The highest BCUT2D eigenvalue weighted by molar-refractivity contribution is 5.85. The highest BCUT2D eigenvalue weighted by atomic mass is 19.4. The lowest BCUT2D eigenvalue weighted by Gasteiger charge is -2.25. The fourth-order valence-corrected chi connectivity index (χ4v) is 2.00. The van der Waals surface area contributed by atoms with Crippen LogP contribution in [0.3, 0.4) is 0 Å². The molecule has 0 fully saturated rings. The van der Waals surface area contributed by atoms with Gasteiger partial charge in [0, 0.05) is 12.2 Å². The lowest BCUT2D eigenvalue weighted by atomic mass is 9.90. The van der Waals surface area contributed by atoms with Crippen LogP contribution in [0.25, 0.3) is 0 Å². The number of amides is 1. The van der Waals surface area contributed by atoms with E-state index in [1.165, 1.54) is 0 Å². The average molecular weight is 274 g/mol. The molecule has 0 aliphatic carbocycles. The number of para-hydroxylation sites is 1. The summed E-state index contributed by atoms with van der Waals surface area (Å²) in [5.74, 6) is -1.05. The molecule has 0 saturated carbocycles. The molecule has 1 aromatic rings. The third-order valence-electron chi connectivity index (χ3n) is 2.81. The van der Waals surface area contributed by atoms with Gasteiger partial charge in [-0.2, -0.15) is 13.2 Å². The predicted octanol–water partition coefficient (Wildman–Crippen LogP) is 2.20. The van der Waals surface area contributed by atoms with Crippen molar-refractivity contribution < 1.29 is 22.8 Å². The predicted molar refractivity (Wildman–Crippen MR) is 62.4 cm³/mol. The van der Waals surface area contributed by atoms with Gasteiger partial charge >= 0.3 is 6.18 Å². The first kappa shape index (κ1) is 13.7. The number of benzene rings is 1. The van der Waals surface area contributed by atoms with E-state index in [1.54, 1.807) is 12.1 Å². The standard InChI is InChI=1S/C12H13F3N2O2/c13-12(14,15)7-19-17-11(18)9-5-6-16-10-4-2-1-3-8(9)10/h1-4,9,16H,5-7H2,(H,17,18). The van der Waals surface area contributed by atoms with Gasteiger partial charge in [0.15, 0.2) is 6.61 Å². The maximum absolute atomic E-state index is 11.9. The molecule has 0 aromatic heterocycles. The number of nitrogens with one attached hydrogen (secondary N) is 2. The van der Waals surface area contributed by atoms with E-state index in [2.05, 4.69) is 10.2 Å². The number of fused-ring (bicyclic) bond motifs is 1. The summed E-state index contributed by atoms with van der Waals surface area (Å²) < 4.78 is 35.7. The summed E-state index contributed by atoms with van der Waals surface area (Å²) in [5, 5.41) is 3.13. The number of halogens is 3. The van der Waals surface area contributed by atoms with Gasteiger partial charge in [0.05, 0.1) is 5.92 Å². The van der Waals surface area contributed by atoms with Crippen molar-refractivity contribution in [3.8, 4) is 0 Å². The van der Waals surface area contributed by atoms with Gasteiger partial charge in [-0.15, -0.1) is 0 Å². The third-order valence-corrected chi connectivity index (χ3v) is 2.81. The summed E-state index contributed by atoms with van der Waals surface area (Å²) >= 11 is 0. The SMILES string of the molecule is O=C(NOCC(F)(F)F)C1CCNc2ccccc21. The summed E-state index contributed by atoms with van der Waals surface area (Å²) in [4.78, 5) is 16.0. The van der Waals surface area contributed by atoms with Gasteiger partial charge in [0.2, 0.25) is 0 Å². The van der Waals surface area contributed by atoms with Gasteiger partial charge in [-0.1, -0.05) is 18.2 Å². The molecule has 0 spiro atoms. The molecular weight excluding hydrogens is 261 g/mol. The van der Waals surface area contributed by atoms with Crippen LogP contribution in [0.4, 0.5) is 18.9 Å². The summed E-state index contributed by atoms with van der Waals surface area (Å²) in [7, 11) is 0. The number of carbonyl (C=O) groups is 1. The zero-order valence-electron chi connectivity index (χ0n) is 9.96. The Kier molecular flexibility index (Phi) is 3.94. The maximum atomic E-state index is 11.9. The van der Waals surface area contributed by atoms with Gasteiger partial charge < -0.3 is 5.32 Å². The van der Waals surface area contributed by atoms with Crippen molar-refractivity contribution >= 4 is 11.6 Å². The fourth-order valence-electron chi connectivity index (χ4n) is 2.00. The topological polar surface area (TPSA) is 50.4 Å². The Hall–Kier alpha value is -1.76. The lowest BCUT2D eigenvalue weighted by molar-refractivity contribution is -0.192. The third kappa shape index (κ3) is 3.60. The minimum atomic E-state index is -4.46. The molecule has 1 amide bonds. The molecule has 1 atom stereocenters. The van der Waals surface area contributed by atoms with Gasteiger partial charge in [0.1, 0.15) is 0 Å². The first-order chi connectivity index (χ1) is 8.97. The zero-order chi connectivity index (χ0) is 13.9. The van der Waals surface area contributed by atoms with Crippen molar-refractivity contribution in [1.29, 1.82) is 0 Å². The summed E-state index contributed by atoms with van der Waals surface area (Å²) in [6.07, 6.45) is -3.95. The van der Waals surface area contributed by atoms with Crippen LogP contribution in [0.15, 0.2) is 24.3 Å². The Labute approximate surface area is 107 Å². The molecule has 1 aromatic carbocycles. The van der Waals surface area contributed by atoms with Crippen LogP contribution in [0.5, 0.6) is 0 Å². The Morgan fingerprint density at radius 2 is 2.16 bits per heavy atom. The quantitative estimate of drug-likeness (QED) is 0.831. The normalized spacial score (nSPS) is 18.4. The van der Waals surface area contributed by atoms with E-state index >= 15 is 0 Å². The molecule has 0 radical (unpaired) electrons. The van der Waals surface area contributed by atoms with E-state index in [4.69, 9.17) is 0 Å². The van der Waals surface area contributed by atoms with Crippen LogP contribution in [0.1, 0.15) is 17.9 Å². The van der Waals surface area contributed by atoms with E-state index in [0.29, 0.717) is 13.0 Å². The highest BCUT2D eigenvalue weighted by Crippen LogP contribution is 2.31. The fraction of sp³-hybridized carbons (Fsp3) is 0.417. The van der Waals surface area contributed by atoms with Crippen LogP contribution < -0.4 is 10.8 Å². The molecule has 0 bridgehead atoms. The van der Waals surface area contributed by atoms with Gasteiger partial charge in [0.25, 0.3) is 5.91 Å². The lowest BCUT2D eigenvalue weighted by Crippen LogP contribution is -2.35. The average Bonchev–Trinajstić information content (AvgIpc) is 2.36. The number of hydrogen-bond donors (Lipinski definition) is 2. The molecule has 1 heterocycles. The van der Waals surface area contributed by atoms with Crippen LogP contribution in [-0.2, 0) is 9.63 Å². The van der Waals surface area contributed by atoms with Gasteiger partial charge in [-0.3, -0.25) is 9.63 Å². The molecule has 19 heavy (non-hydrogen) atoms. The van der Waals surface area contributed by atoms with Crippen molar-refractivity contribution in [2.24, 2.45) is 0 Å². The Morgan fingerprint density at radius 1 is 1.42 bits per heavy atom. The van der Waals surface area contributed by atoms with Crippen molar-refractivity contribution in [2.45, 2.75) is 18.5 Å². The number of anilines is 1. The molecule has 2 rings (SSSR count). The largest absolute Gasteiger partial charge is 0.414 e. The molecule has 1 unspecified atom stereocenters. The summed E-state index contributed by atoms with van der Waals surface area (Å²) in [5.41, 5.74) is 3.45. The minimum absolute atomic E-state index is 0.495. The summed E-state index contributed by atoms with van der Waals surface area (Å²) in [6.45, 7) is -0.903. The number of rotatable bonds is 3. The highest BCUT2D eigenvalue weighted by Gasteiger charge is 2.30. The van der Waals surface area contributed by atoms with Gasteiger partial charge in [-0.05, 0) is 18.1 Å². The van der Waals surface area contributed by atoms with Crippen molar-refractivity contribution in [3.63, 3.8) is 0 Å². The number of carbonyl (C=O) groups excluding carboxylic acids is 1. The van der Waals surface area contributed by atoms with Crippen molar-refractivity contribution in [3.05, 3.63) is 29.8 Å². The smallest absolute Gasteiger partial charge is 0.385 e. The van der Waals surface area contributed by atoms with Crippen LogP contribution in [0.2, 0.25) is 0 Å². The second kappa shape index (κ2) is 5.48.